The molecule has 0 aliphatic rings. The molecule has 0 bridgehead atoms. The van der Waals surface area contributed by atoms with Crippen molar-refractivity contribution in [1.82, 2.24) is 0 Å². The summed E-state index contributed by atoms with van der Waals surface area (Å²) in [6.45, 7) is 2.03. The summed E-state index contributed by atoms with van der Waals surface area (Å²) in [5.41, 5.74) is 1.47. The lowest BCUT2D eigenvalue weighted by Gasteiger charge is -2.11. The van der Waals surface area contributed by atoms with Gasteiger partial charge < -0.3 is 19.0 Å². The molecule has 2 rings (SSSR count). The highest BCUT2D eigenvalue weighted by Gasteiger charge is 2.15. The summed E-state index contributed by atoms with van der Waals surface area (Å²) in [5.74, 6) is -0.0947. The molecule has 0 saturated heterocycles. The molecule has 0 unspecified atom stereocenters. The molecule has 1 aromatic heterocycles. The molecule has 0 atom stereocenters. The van der Waals surface area contributed by atoms with E-state index in [4.69, 9.17) is 19.0 Å². The third-order valence-corrected chi connectivity index (χ3v) is 2.87. The van der Waals surface area contributed by atoms with Crippen molar-refractivity contribution in [3.05, 3.63) is 53.5 Å². The van der Waals surface area contributed by atoms with E-state index in [1.165, 1.54) is 6.26 Å². The molecule has 21 heavy (non-hydrogen) atoms. The second kappa shape index (κ2) is 6.65. The van der Waals surface area contributed by atoms with E-state index < -0.39 is 5.97 Å². The average molecular weight is 288 g/mol. The van der Waals surface area contributed by atoms with Gasteiger partial charge in [0.2, 0.25) is 5.76 Å². The first-order valence-electron chi connectivity index (χ1n) is 6.39. The summed E-state index contributed by atoms with van der Waals surface area (Å²) in [6.07, 6.45) is 5.21. The van der Waals surface area contributed by atoms with Gasteiger partial charge in [0.25, 0.3) is 0 Å². The maximum absolute atomic E-state index is 11.0. The number of ether oxygens (including phenoxy) is 2. The number of furan rings is 1. The van der Waals surface area contributed by atoms with Crippen molar-refractivity contribution in [2.45, 2.75) is 13.5 Å². The second-order valence-electron chi connectivity index (χ2n) is 4.28. The second-order valence-corrected chi connectivity index (χ2v) is 4.28. The Labute approximate surface area is 122 Å². The minimum Gasteiger partial charge on any atom is -0.493 e. The predicted octanol–water partition coefficient (Wildman–Crippen LogP) is 3.60. The number of rotatable bonds is 6. The number of allylic oxidation sites excluding steroid dienone is 1. The Morgan fingerprint density at radius 3 is 2.81 bits per heavy atom. The highest BCUT2D eigenvalue weighted by Crippen LogP contribution is 2.29. The van der Waals surface area contributed by atoms with Crippen molar-refractivity contribution >= 4 is 12.0 Å². The molecular formula is C16H16O5. The Morgan fingerprint density at radius 2 is 2.14 bits per heavy atom. The summed E-state index contributed by atoms with van der Waals surface area (Å²) in [5, 5.41) is 8.97. The smallest absolute Gasteiger partial charge is 0.372 e. The minimum atomic E-state index is -1.12. The van der Waals surface area contributed by atoms with Gasteiger partial charge in [-0.15, -0.1) is 0 Å². The Kier molecular flexibility index (Phi) is 4.66. The Balaban J connectivity index is 2.16. The molecule has 0 saturated carbocycles. The molecule has 0 radical (unpaired) electrons. The molecule has 0 aliphatic heterocycles. The van der Waals surface area contributed by atoms with Crippen LogP contribution in [0, 0.1) is 0 Å². The zero-order valence-corrected chi connectivity index (χ0v) is 11.8. The largest absolute Gasteiger partial charge is 0.493 e. The number of hydrogen-bond acceptors (Lipinski definition) is 4. The molecule has 0 aliphatic carbocycles. The molecule has 5 heteroatoms. The van der Waals surface area contributed by atoms with Gasteiger partial charge in [0.05, 0.1) is 13.4 Å². The fourth-order valence-corrected chi connectivity index (χ4v) is 1.89. The topological polar surface area (TPSA) is 68.9 Å². The SMILES string of the molecule is C/C=C/c1ccc(OCc2ccoc2C(=O)O)c(OC)c1. The van der Waals surface area contributed by atoms with Crippen LogP contribution in [0.4, 0.5) is 0 Å². The normalized spacial score (nSPS) is 10.8. The van der Waals surface area contributed by atoms with Crippen molar-refractivity contribution in [3.63, 3.8) is 0 Å². The van der Waals surface area contributed by atoms with Crippen LogP contribution in [0.3, 0.4) is 0 Å². The fourth-order valence-electron chi connectivity index (χ4n) is 1.89. The number of methoxy groups -OCH3 is 1. The molecule has 1 aromatic carbocycles. The number of aromatic carboxylic acids is 1. The van der Waals surface area contributed by atoms with Crippen LogP contribution < -0.4 is 9.47 Å². The van der Waals surface area contributed by atoms with E-state index in [1.54, 1.807) is 19.2 Å². The van der Waals surface area contributed by atoms with Crippen molar-refractivity contribution in [3.8, 4) is 11.5 Å². The van der Waals surface area contributed by atoms with E-state index >= 15 is 0 Å². The van der Waals surface area contributed by atoms with Crippen LogP contribution in [0.15, 0.2) is 41.0 Å². The van der Waals surface area contributed by atoms with Crippen LogP contribution in [0.5, 0.6) is 11.5 Å². The van der Waals surface area contributed by atoms with E-state index in [1.807, 2.05) is 31.2 Å². The van der Waals surface area contributed by atoms with Gasteiger partial charge in [0.15, 0.2) is 11.5 Å². The highest BCUT2D eigenvalue weighted by atomic mass is 16.5. The zero-order valence-electron chi connectivity index (χ0n) is 11.8. The van der Waals surface area contributed by atoms with Gasteiger partial charge in [0.1, 0.15) is 6.61 Å². The molecule has 1 N–H and O–H groups in total. The third-order valence-electron chi connectivity index (χ3n) is 2.87. The van der Waals surface area contributed by atoms with E-state index in [0.29, 0.717) is 17.1 Å². The number of benzene rings is 1. The molecule has 5 nitrogen and oxygen atoms in total. The quantitative estimate of drug-likeness (QED) is 0.879. The maximum atomic E-state index is 11.0. The van der Waals surface area contributed by atoms with E-state index in [2.05, 4.69) is 0 Å². The van der Waals surface area contributed by atoms with E-state index in [-0.39, 0.29) is 12.4 Å². The van der Waals surface area contributed by atoms with Gasteiger partial charge in [-0.25, -0.2) is 4.79 Å². The molecule has 0 fully saturated rings. The van der Waals surface area contributed by atoms with Gasteiger partial charge in [-0.1, -0.05) is 18.2 Å². The molecule has 0 amide bonds. The van der Waals surface area contributed by atoms with Gasteiger partial charge in [0, 0.05) is 5.56 Å². The zero-order chi connectivity index (χ0) is 15.2. The van der Waals surface area contributed by atoms with Crippen LogP contribution in [-0.4, -0.2) is 18.2 Å². The maximum Gasteiger partial charge on any atom is 0.372 e. The van der Waals surface area contributed by atoms with Gasteiger partial charge >= 0.3 is 5.97 Å². The van der Waals surface area contributed by atoms with Crippen LogP contribution >= 0.6 is 0 Å². The van der Waals surface area contributed by atoms with Gasteiger partial charge in [-0.05, 0) is 30.7 Å². The molecule has 1 heterocycles. The third kappa shape index (κ3) is 3.45. The lowest BCUT2D eigenvalue weighted by Crippen LogP contribution is -2.03. The molecule has 2 aromatic rings. The number of carbonyl (C=O) groups is 1. The minimum absolute atomic E-state index is 0.0947. The molecule has 0 spiro atoms. The number of carboxylic acids is 1. The number of hydrogen-bond donors (Lipinski definition) is 1. The first-order chi connectivity index (χ1) is 10.2. The van der Waals surface area contributed by atoms with Crippen LogP contribution in [-0.2, 0) is 6.61 Å². The first-order valence-corrected chi connectivity index (χ1v) is 6.39. The standard InChI is InChI=1S/C16H16O5/c1-3-4-11-5-6-13(14(9-11)19-2)21-10-12-7-8-20-15(12)16(17)18/h3-9H,10H2,1-2H3,(H,17,18)/b4-3+. The Morgan fingerprint density at radius 1 is 1.33 bits per heavy atom. The van der Waals surface area contributed by atoms with Gasteiger partial charge in [-0.3, -0.25) is 0 Å². The van der Waals surface area contributed by atoms with Crippen LogP contribution in [0.1, 0.15) is 28.6 Å². The average Bonchev–Trinajstić information content (AvgIpc) is 2.94. The van der Waals surface area contributed by atoms with Crippen molar-refractivity contribution in [2.24, 2.45) is 0 Å². The van der Waals surface area contributed by atoms with Crippen molar-refractivity contribution < 1.29 is 23.8 Å². The summed E-state index contributed by atoms with van der Waals surface area (Å²) in [4.78, 5) is 11.0. The predicted molar refractivity (Wildman–Crippen MR) is 77.7 cm³/mol. The summed E-state index contributed by atoms with van der Waals surface area (Å²) in [7, 11) is 1.56. The molecular weight excluding hydrogens is 272 g/mol. The van der Waals surface area contributed by atoms with Gasteiger partial charge in [-0.2, -0.15) is 0 Å². The van der Waals surface area contributed by atoms with E-state index in [0.717, 1.165) is 5.56 Å². The Bertz CT molecular complexity index is 654. The first kappa shape index (κ1) is 14.7. The Hall–Kier alpha value is -2.69. The van der Waals surface area contributed by atoms with Crippen LogP contribution in [0.2, 0.25) is 0 Å². The summed E-state index contributed by atoms with van der Waals surface area (Å²) in [6, 6.07) is 7.10. The van der Waals surface area contributed by atoms with Crippen LogP contribution in [0.25, 0.3) is 6.08 Å². The fraction of sp³-hybridized carbons (Fsp3) is 0.188. The number of carboxylic acid groups (broad SMARTS) is 1. The highest BCUT2D eigenvalue weighted by molar-refractivity contribution is 5.86. The van der Waals surface area contributed by atoms with E-state index in [9.17, 15) is 4.79 Å². The van der Waals surface area contributed by atoms with Crippen molar-refractivity contribution in [2.75, 3.05) is 7.11 Å². The lowest BCUT2D eigenvalue weighted by molar-refractivity contribution is 0.0658. The monoisotopic (exact) mass is 288 g/mol. The lowest BCUT2D eigenvalue weighted by atomic mass is 10.2. The summed E-state index contributed by atoms with van der Waals surface area (Å²) < 4.78 is 15.8. The molecule has 110 valence electrons. The van der Waals surface area contributed by atoms with Crippen molar-refractivity contribution in [1.29, 1.82) is 0 Å². The summed E-state index contributed by atoms with van der Waals surface area (Å²) >= 11 is 0.